The van der Waals surface area contributed by atoms with Gasteiger partial charge < -0.3 is 0 Å². The van der Waals surface area contributed by atoms with Gasteiger partial charge in [0.05, 0.1) is 6.04 Å². The van der Waals surface area contributed by atoms with E-state index in [4.69, 9.17) is 11.6 Å². The van der Waals surface area contributed by atoms with Gasteiger partial charge in [-0.1, -0.05) is 23.7 Å². The molecule has 1 aromatic rings. The van der Waals surface area contributed by atoms with E-state index in [1.807, 2.05) is 0 Å². The molecule has 1 heterocycles. The molecule has 1 N–H and O–H groups in total. The molecule has 0 radical (unpaired) electrons. The molecule has 0 bridgehead atoms. The maximum Gasteiger partial charge on any atom is 0.331 e. The Morgan fingerprint density at radius 3 is 2.35 bits per heavy atom. The van der Waals surface area contributed by atoms with Crippen molar-refractivity contribution in [2.45, 2.75) is 25.8 Å². The maximum atomic E-state index is 12.4. The van der Waals surface area contributed by atoms with Gasteiger partial charge in [0.25, 0.3) is 0 Å². The summed E-state index contributed by atoms with van der Waals surface area (Å²) in [5, 5.41) is 2.86. The van der Waals surface area contributed by atoms with Crippen molar-refractivity contribution in [1.29, 1.82) is 0 Å². The highest BCUT2D eigenvalue weighted by Gasteiger charge is 2.62. The molecule has 1 unspecified atom stereocenters. The van der Waals surface area contributed by atoms with E-state index in [-0.39, 0.29) is 0 Å². The second-order valence-corrected chi connectivity index (χ2v) is 5.68. The summed E-state index contributed by atoms with van der Waals surface area (Å²) < 4.78 is 0. The summed E-state index contributed by atoms with van der Waals surface area (Å²) in [5.74, 6) is -0.860. The molecule has 5 nitrogen and oxygen atoms in total. The van der Waals surface area contributed by atoms with Gasteiger partial charge in [-0.15, -0.1) is 0 Å². The Morgan fingerprint density at radius 1 is 1.20 bits per heavy atom. The van der Waals surface area contributed by atoms with Crippen LogP contribution >= 0.6 is 11.6 Å². The van der Waals surface area contributed by atoms with Crippen molar-refractivity contribution in [2.24, 2.45) is 5.41 Å². The van der Waals surface area contributed by atoms with Crippen molar-refractivity contribution in [3.05, 3.63) is 34.9 Å². The van der Waals surface area contributed by atoms with Crippen molar-refractivity contribution < 1.29 is 14.4 Å². The summed E-state index contributed by atoms with van der Waals surface area (Å²) in [6.45, 7) is 1.76. The number of halogens is 1. The predicted molar refractivity (Wildman–Crippen MR) is 71.9 cm³/mol. The van der Waals surface area contributed by atoms with Gasteiger partial charge in [-0.25, -0.2) is 4.79 Å². The summed E-state index contributed by atoms with van der Waals surface area (Å²) in [6.07, 6.45) is 1.02. The number of barbiturate groups is 1. The first-order chi connectivity index (χ1) is 9.45. The molecule has 2 fully saturated rings. The lowest BCUT2D eigenvalue weighted by molar-refractivity contribution is -0.146. The zero-order valence-electron chi connectivity index (χ0n) is 10.9. The van der Waals surface area contributed by atoms with Crippen molar-refractivity contribution in [3.63, 3.8) is 0 Å². The summed E-state index contributed by atoms with van der Waals surface area (Å²) in [6, 6.07) is 5.85. The Bertz CT molecular complexity index is 607. The van der Waals surface area contributed by atoms with E-state index in [1.54, 1.807) is 31.2 Å². The average molecular weight is 293 g/mol. The predicted octanol–water partition coefficient (Wildman–Crippen LogP) is 2.26. The van der Waals surface area contributed by atoms with Gasteiger partial charge in [0, 0.05) is 5.02 Å². The van der Waals surface area contributed by atoms with Crippen molar-refractivity contribution >= 4 is 29.4 Å². The minimum Gasteiger partial charge on any atom is -0.277 e. The highest BCUT2D eigenvalue weighted by atomic mass is 35.5. The van der Waals surface area contributed by atoms with E-state index < -0.39 is 29.3 Å². The van der Waals surface area contributed by atoms with Crippen LogP contribution in [0.15, 0.2) is 24.3 Å². The van der Waals surface area contributed by atoms with Gasteiger partial charge in [-0.2, -0.15) is 0 Å². The summed E-state index contributed by atoms with van der Waals surface area (Å²) >= 11 is 5.83. The summed E-state index contributed by atoms with van der Waals surface area (Å²) in [7, 11) is 0. The highest BCUT2D eigenvalue weighted by molar-refractivity contribution is 6.30. The molecule has 1 saturated heterocycles. The topological polar surface area (TPSA) is 66.5 Å². The number of hydrogen-bond donors (Lipinski definition) is 1. The molecular formula is C14H13ClN2O3. The minimum atomic E-state index is -1.01. The number of nitrogens with zero attached hydrogens (tertiary/aromatic N) is 1. The van der Waals surface area contributed by atoms with E-state index in [9.17, 15) is 14.4 Å². The van der Waals surface area contributed by atoms with Gasteiger partial charge in [0.15, 0.2) is 0 Å². The average Bonchev–Trinajstić information content (AvgIpc) is 3.19. The van der Waals surface area contributed by atoms with E-state index in [0.29, 0.717) is 17.9 Å². The number of amides is 4. The zero-order chi connectivity index (χ0) is 14.5. The van der Waals surface area contributed by atoms with E-state index in [1.165, 1.54) is 0 Å². The number of nitrogens with one attached hydrogen (secondary N) is 1. The van der Waals surface area contributed by atoms with Crippen LogP contribution in [-0.2, 0) is 9.59 Å². The Balaban J connectivity index is 1.92. The molecule has 20 heavy (non-hydrogen) atoms. The van der Waals surface area contributed by atoms with Crippen LogP contribution in [-0.4, -0.2) is 22.7 Å². The third kappa shape index (κ3) is 1.81. The van der Waals surface area contributed by atoms with Crippen LogP contribution in [0.25, 0.3) is 0 Å². The molecule has 1 aromatic carbocycles. The lowest BCUT2D eigenvalue weighted by atomic mass is 9.98. The van der Waals surface area contributed by atoms with Gasteiger partial charge >= 0.3 is 6.03 Å². The molecule has 6 heteroatoms. The van der Waals surface area contributed by atoms with Gasteiger partial charge in [0.2, 0.25) is 11.8 Å². The third-order valence-corrected chi connectivity index (χ3v) is 4.24. The van der Waals surface area contributed by atoms with E-state index in [2.05, 4.69) is 5.32 Å². The first kappa shape index (κ1) is 13.1. The number of hydrogen-bond acceptors (Lipinski definition) is 3. The Hall–Kier alpha value is -1.88. The lowest BCUT2D eigenvalue weighted by Gasteiger charge is -2.34. The first-order valence-electron chi connectivity index (χ1n) is 6.40. The molecule has 2 aliphatic rings. The Morgan fingerprint density at radius 2 is 1.80 bits per heavy atom. The molecular weight excluding hydrogens is 280 g/mol. The molecule has 0 aromatic heterocycles. The maximum absolute atomic E-state index is 12.4. The van der Waals surface area contributed by atoms with Crippen LogP contribution < -0.4 is 5.32 Å². The Kier molecular flexibility index (Phi) is 2.83. The number of benzene rings is 1. The molecule has 4 amide bonds. The largest absolute Gasteiger partial charge is 0.331 e. The molecule has 1 spiro atoms. The smallest absolute Gasteiger partial charge is 0.277 e. The van der Waals surface area contributed by atoms with Gasteiger partial charge in [0.1, 0.15) is 5.41 Å². The summed E-state index contributed by atoms with van der Waals surface area (Å²) in [5.41, 5.74) is -0.211. The molecule has 1 saturated carbocycles. The normalized spacial score (nSPS) is 21.9. The highest BCUT2D eigenvalue weighted by Crippen LogP contribution is 2.50. The van der Waals surface area contributed by atoms with Crippen LogP contribution in [0, 0.1) is 5.41 Å². The van der Waals surface area contributed by atoms with Crippen LogP contribution in [0.2, 0.25) is 5.02 Å². The Labute approximate surface area is 120 Å². The SMILES string of the molecule is CC(c1ccc(Cl)cc1)N1C(=O)NC(=O)C2(CC2)C1=O. The number of carbonyl (C=O) groups is 3. The van der Waals surface area contributed by atoms with E-state index in [0.717, 1.165) is 10.5 Å². The third-order valence-electron chi connectivity index (χ3n) is 3.99. The number of rotatable bonds is 2. The van der Waals surface area contributed by atoms with Gasteiger partial charge in [-0.05, 0) is 37.5 Å². The quantitative estimate of drug-likeness (QED) is 0.850. The molecule has 104 valence electrons. The minimum absolute atomic E-state index is 0.395. The monoisotopic (exact) mass is 292 g/mol. The van der Waals surface area contributed by atoms with Crippen molar-refractivity contribution in [2.75, 3.05) is 0 Å². The van der Waals surface area contributed by atoms with Crippen LogP contribution in [0.4, 0.5) is 4.79 Å². The van der Waals surface area contributed by atoms with E-state index >= 15 is 0 Å². The van der Waals surface area contributed by atoms with Crippen LogP contribution in [0.1, 0.15) is 31.4 Å². The molecule has 3 rings (SSSR count). The fourth-order valence-electron chi connectivity index (χ4n) is 2.50. The first-order valence-corrected chi connectivity index (χ1v) is 6.78. The lowest BCUT2D eigenvalue weighted by Crippen LogP contribution is -2.59. The molecule has 1 aliphatic heterocycles. The second kappa shape index (κ2) is 4.31. The van der Waals surface area contributed by atoms with Gasteiger partial charge in [-0.3, -0.25) is 19.8 Å². The number of urea groups is 1. The zero-order valence-corrected chi connectivity index (χ0v) is 11.6. The standard InChI is InChI=1S/C14H13ClN2O3/c1-8(9-2-4-10(15)5-3-9)17-12(19)14(6-7-14)11(18)16-13(17)20/h2-5,8H,6-7H2,1H3,(H,16,18,20). The molecule has 1 atom stereocenters. The van der Waals surface area contributed by atoms with Crippen molar-refractivity contribution in [3.8, 4) is 0 Å². The second-order valence-electron chi connectivity index (χ2n) is 5.24. The van der Waals surface area contributed by atoms with Crippen molar-refractivity contribution in [1.82, 2.24) is 10.2 Å². The van der Waals surface area contributed by atoms with Crippen LogP contribution in [0.3, 0.4) is 0 Å². The van der Waals surface area contributed by atoms with Crippen LogP contribution in [0.5, 0.6) is 0 Å². The summed E-state index contributed by atoms with van der Waals surface area (Å²) in [4.78, 5) is 37.3. The fourth-order valence-corrected chi connectivity index (χ4v) is 2.63. The fraction of sp³-hybridized carbons (Fsp3) is 0.357. The molecule has 1 aliphatic carbocycles. The number of carbonyl (C=O) groups excluding carboxylic acids is 3. The number of imide groups is 2.